The summed E-state index contributed by atoms with van der Waals surface area (Å²) in [4.78, 5) is 37.3. The molecule has 148 valence electrons. The SMILES string of the molecule is COC(=O)N(C)c1ccc(NC(=O)Cn2nc(-c3ccccc3)ccc2=O)cc1. The Morgan fingerprint density at radius 1 is 1.03 bits per heavy atom. The molecular weight excluding hydrogens is 372 g/mol. The van der Waals surface area contributed by atoms with Crippen LogP contribution < -0.4 is 15.8 Å². The van der Waals surface area contributed by atoms with Gasteiger partial charge in [-0.1, -0.05) is 30.3 Å². The van der Waals surface area contributed by atoms with Gasteiger partial charge in [-0.05, 0) is 30.3 Å². The van der Waals surface area contributed by atoms with Crippen LogP contribution >= 0.6 is 0 Å². The van der Waals surface area contributed by atoms with E-state index >= 15 is 0 Å². The maximum atomic E-state index is 12.4. The Balaban J connectivity index is 1.69. The summed E-state index contributed by atoms with van der Waals surface area (Å²) in [5, 5.41) is 6.99. The van der Waals surface area contributed by atoms with Crippen molar-refractivity contribution in [2.75, 3.05) is 24.4 Å². The first-order chi connectivity index (χ1) is 14.0. The Morgan fingerprint density at radius 3 is 2.38 bits per heavy atom. The van der Waals surface area contributed by atoms with Gasteiger partial charge >= 0.3 is 6.09 Å². The molecule has 8 nitrogen and oxygen atoms in total. The maximum Gasteiger partial charge on any atom is 0.413 e. The first-order valence-corrected chi connectivity index (χ1v) is 8.83. The van der Waals surface area contributed by atoms with E-state index in [9.17, 15) is 14.4 Å². The second-order valence-corrected chi connectivity index (χ2v) is 6.20. The number of rotatable bonds is 5. The van der Waals surface area contributed by atoms with Crippen LogP contribution in [0.1, 0.15) is 0 Å². The van der Waals surface area contributed by atoms with Crippen LogP contribution in [-0.4, -0.2) is 35.9 Å². The average molecular weight is 392 g/mol. The number of nitrogens with zero attached hydrogens (tertiary/aromatic N) is 3. The molecule has 0 aliphatic carbocycles. The smallest absolute Gasteiger partial charge is 0.413 e. The summed E-state index contributed by atoms with van der Waals surface area (Å²) in [5.74, 6) is -0.390. The normalized spacial score (nSPS) is 10.3. The van der Waals surface area contributed by atoms with Gasteiger partial charge in [-0.3, -0.25) is 14.5 Å². The number of hydrogen-bond donors (Lipinski definition) is 1. The molecule has 0 saturated heterocycles. The van der Waals surface area contributed by atoms with E-state index in [-0.39, 0.29) is 18.0 Å². The molecule has 0 radical (unpaired) electrons. The second kappa shape index (κ2) is 8.83. The zero-order valence-corrected chi connectivity index (χ0v) is 16.0. The van der Waals surface area contributed by atoms with Gasteiger partial charge in [0.25, 0.3) is 5.56 Å². The molecule has 0 unspecified atom stereocenters. The summed E-state index contributed by atoms with van der Waals surface area (Å²) in [6.07, 6.45) is -0.495. The van der Waals surface area contributed by atoms with Crippen molar-refractivity contribution < 1.29 is 14.3 Å². The Bertz CT molecular complexity index is 1060. The fraction of sp³-hybridized carbons (Fsp3) is 0.143. The summed E-state index contributed by atoms with van der Waals surface area (Å²) in [5.41, 5.74) is 2.24. The predicted octanol–water partition coefficient (Wildman–Crippen LogP) is 2.75. The van der Waals surface area contributed by atoms with E-state index in [1.54, 1.807) is 37.4 Å². The van der Waals surface area contributed by atoms with Gasteiger partial charge in [-0.15, -0.1) is 0 Å². The largest absolute Gasteiger partial charge is 0.452 e. The maximum absolute atomic E-state index is 12.4. The van der Waals surface area contributed by atoms with Gasteiger partial charge in [-0.25, -0.2) is 9.48 Å². The van der Waals surface area contributed by atoms with Crippen LogP contribution in [0.3, 0.4) is 0 Å². The standard InChI is InChI=1S/C21H20N4O4/c1-24(21(28)29-2)17-10-8-16(9-11-17)22-19(26)14-25-20(27)13-12-18(23-25)15-6-4-3-5-7-15/h3-13H,14H2,1-2H3,(H,22,26). The summed E-state index contributed by atoms with van der Waals surface area (Å²) in [6.45, 7) is -0.219. The van der Waals surface area contributed by atoms with Gasteiger partial charge in [0.1, 0.15) is 6.54 Å². The number of carbonyl (C=O) groups excluding carboxylic acids is 2. The molecule has 29 heavy (non-hydrogen) atoms. The second-order valence-electron chi connectivity index (χ2n) is 6.20. The first-order valence-electron chi connectivity index (χ1n) is 8.83. The van der Waals surface area contributed by atoms with Crippen LogP contribution in [0.5, 0.6) is 0 Å². The minimum Gasteiger partial charge on any atom is -0.452 e. The Labute approximate surface area is 167 Å². The van der Waals surface area contributed by atoms with Gasteiger partial charge in [-0.2, -0.15) is 5.10 Å². The number of nitrogens with one attached hydrogen (secondary N) is 1. The minimum absolute atomic E-state index is 0.219. The van der Waals surface area contributed by atoms with E-state index in [0.717, 1.165) is 10.2 Å². The van der Waals surface area contributed by atoms with Crippen LogP contribution in [-0.2, 0) is 16.1 Å². The van der Waals surface area contributed by atoms with Crippen LogP contribution in [0.25, 0.3) is 11.3 Å². The molecule has 8 heteroatoms. The van der Waals surface area contributed by atoms with Gasteiger partial charge in [0, 0.05) is 30.1 Å². The van der Waals surface area contributed by atoms with Gasteiger partial charge < -0.3 is 10.1 Å². The molecule has 2 aromatic carbocycles. The van der Waals surface area contributed by atoms with Gasteiger partial charge in [0.05, 0.1) is 12.8 Å². The van der Waals surface area contributed by atoms with Crippen molar-refractivity contribution in [3.63, 3.8) is 0 Å². The van der Waals surface area contributed by atoms with Crippen molar-refractivity contribution in [1.82, 2.24) is 9.78 Å². The molecule has 1 heterocycles. The molecule has 2 amide bonds. The number of aromatic nitrogens is 2. The molecule has 0 saturated carbocycles. The third-order valence-corrected chi connectivity index (χ3v) is 4.22. The molecular formula is C21H20N4O4. The predicted molar refractivity (Wildman–Crippen MR) is 110 cm³/mol. The highest BCUT2D eigenvalue weighted by Crippen LogP contribution is 2.18. The number of ether oxygens (including phenoxy) is 1. The van der Waals surface area contributed by atoms with Crippen LogP contribution in [0.4, 0.5) is 16.2 Å². The van der Waals surface area contributed by atoms with Crippen molar-refractivity contribution in [2.45, 2.75) is 6.54 Å². The number of methoxy groups -OCH3 is 1. The number of hydrogen-bond acceptors (Lipinski definition) is 5. The van der Waals surface area contributed by atoms with Crippen molar-refractivity contribution in [3.05, 3.63) is 77.1 Å². The molecule has 1 aromatic heterocycles. The lowest BCUT2D eigenvalue weighted by Gasteiger charge is -2.16. The fourth-order valence-electron chi connectivity index (χ4n) is 2.67. The average Bonchev–Trinajstić information content (AvgIpc) is 2.75. The zero-order chi connectivity index (χ0) is 20.8. The van der Waals surface area contributed by atoms with Crippen LogP contribution in [0, 0.1) is 0 Å². The molecule has 0 spiro atoms. The lowest BCUT2D eigenvalue weighted by atomic mass is 10.1. The summed E-state index contributed by atoms with van der Waals surface area (Å²) in [7, 11) is 2.88. The molecule has 0 bridgehead atoms. The number of benzene rings is 2. The molecule has 0 atom stereocenters. The first kappa shape index (κ1) is 19.8. The van der Waals surface area contributed by atoms with Crippen molar-refractivity contribution in [2.24, 2.45) is 0 Å². The highest BCUT2D eigenvalue weighted by molar-refractivity contribution is 5.91. The molecule has 0 aliphatic rings. The van der Waals surface area contributed by atoms with Crippen molar-refractivity contribution in [3.8, 4) is 11.3 Å². The topological polar surface area (TPSA) is 93.5 Å². The van der Waals surface area contributed by atoms with Gasteiger partial charge in [0.2, 0.25) is 5.91 Å². The van der Waals surface area contributed by atoms with Crippen molar-refractivity contribution >= 4 is 23.4 Å². The lowest BCUT2D eigenvalue weighted by molar-refractivity contribution is -0.117. The third kappa shape index (κ3) is 4.86. The zero-order valence-electron chi connectivity index (χ0n) is 16.0. The van der Waals surface area contributed by atoms with E-state index in [2.05, 4.69) is 15.2 Å². The molecule has 1 N–H and O–H groups in total. The molecule has 0 fully saturated rings. The summed E-state index contributed by atoms with van der Waals surface area (Å²) < 4.78 is 5.78. The Kier molecular flexibility index (Phi) is 6.03. The highest BCUT2D eigenvalue weighted by Gasteiger charge is 2.11. The quantitative estimate of drug-likeness (QED) is 0.721. The number of carbonyl (C=O) groups is 2. The monoisotopic (exact) mass is 392 g/mol. The number of amides is 2. The van der Waals surface area contributed by atoms with Crippen molar-refractivity contribution in [1.29, 1.82) is 0 Å². The Hall–Kier alpha value is -3.94. The minimum atomic E-state index is -0.495. The third-order valence-electron chi connectivity index (χ3n) is 4.22. The summed E-state index contributed by atoms with van der Waals surface area (Å²) >= 11 is 0. The van der Waals surface area contributed by atoms with E-state index in [0.29, 0.717) is 17.1 Å². The van der Waals surface area contributed by atoms with E-state index in [4.69, 9.17) is 0 Å². The van der Waals surface area contributed by atoms with E-state index in [1.165, 1.54) is 18.1 Å². The lowest BCUT2D eigenvalue weighted by Crippen LogP contribution is -2.29. The molecule has 3 aromatic rings. The van der Waals surface area contributed by atoms with E-state index < -0.39 is 6.09 Å². The van der Waals surface area contributed by atoms with Crippen LogP contribution in [0.2, 0.25) is 0 Å². The highest BCUT2D eigenvalue weighted by atomic mass is 16.5. The Morgan fingerprint density at radius 2 is 1.72 bits per heavy atom. The fourth-order valence-corrected chi connectivity index (χ4v) is 2.67. The summed E-state index contributed by atoms with van der Waals surface area (Å²) in [6, 6.07) is 19.1. The molecule has 3 rings (SSSR count). The number of anilines is 2. The van der Waals surface area contributed by atoms with Gasteiger partial charge in [0.15, 0.2) is 0 Å². The van der Waals surface area contributed by atoms with Crippen LogP contribution in [0.15, 0.2) is 71.5 Å². The van der Waals surface area contributed by atoms with E-state index in [1.807, 2.05) is 30.3 Å². The molecule has 0 aliphatic heterocycles.